The summed E-state index contributed by atoms with van der Waals surface area (Å²) >= 11 is 6.05. The Hall–Kier alpha value is -3.25. The highest BCUT2D eigenvalue weighted by molar-refractivity contribution is 7.88. The van der Waals surface area contributed by atoms with Crippen LogP contribution in [0.3, 0.4) is 0 Å². The molecule has 9 nitrogen and oxygen atoms in total. The lowest BCUT2D eigenvalue weighted by molar-refractivity contribution is -0.116. The molecule has 1 saturated heterocycles. The average Bonchev–Trinajstić information content (AvgIpc) is 2.93. The van der Waals surface area contributed by atoms with Crippen LogP contribution < -0.4 is 20.7 Å². The van der Waals surface area contributed by atoms with Gasteiger partial charge in [-0.1, -0.05) is 29.8 Å². The van der Waals surface area contributed by atoms with E-state index in [1.807, 2.05) is 19.1 Å². The van der Waals surface area contributed by atoms with Crippen LogP contribution in [0.2, 0.25) is 5.02 Å². The lowest BCUT2D eigenvalue weighted by Gasteiger charge is -2.39. The maximum atomic E-state index is 15.1. The number of ether oxygens (including phenoxy) is 1. The normalized spacial score (nSPS) is 18.5. The summed E-state index contributed by atoms with van der Waals surface area (Å²) in [5.74, 6) is -0.393. The van der Waals surface area contributed by atoms with Crippen molar-refractivity contribution in [1.82, 2.24) is 14.6 Å². The number of piperazine rings is 1. The quantitative estimate of drug-likeness (QED) is 0.302. The van der Waals surface area contributed by atoms with Crippen LogP contribution in [0.5, 0.6) is 5.88 Å². The third-order valence-corrected chi connectivity index (χ3v) is 8.73. The first-order chi connectivity index (χ1) is 19.5. The number of sulfonamides is 1. The summed E-state index contributed by atoms with van der Waals surface area (Å²) in [5, 5.41) is 9.97. The molecule has 41 heavy (non-hydrogen) atoms. The number of benzene rings is 2. The number of halogens is 2. The van der Waals surface area contributed by atoms with Gasteiger partial charge in [0.1, 0.15) is 11.9 Å². The Labute approximate surface area is 245 Å². The summed E-state index contributed by atoms with van der Waals surface area (Å²) in [7, 11) is -1.92. The first-order valence-electron chi connectivity index (χ1n) is 13.3. The molecule has 0 saturated carbocycles. The van der Waals surface area contributed by atoms with Crippen LogP contribution in [0.4, 0.5) is 15.8 Å². The van der Waals surface area contributed by atoms with E-state index < -0.39 is 21.9 Å². The maximum absolute atomic E-state index is 15.1. The Bertz CT molecular complexity index is 1440. The zero-order valence-corrected chi connectivity index (χ0v) is 24.8. The highest BCUT2D eigenvalue weighted by Gasteiger charge is 2.34. The molecule has 2 heterocycles. The van der Waals surface area contributed by atoms with E-state index in [0.29, 0.717) is 53.8 Å². The van der Waals surface area contributed by atoms with Gasteiger partial charge in [-0.25, -0.2) is 17.8 Å². The minimum absolute atomic E-state index is 0.212. The predicted molar refractivity (Wildman–Crippen MR) is 160 cm³/mol. The van der Waals surface area contributed by atoms with Crippen LogP contribution in [0.25, 0.3) is 0 Å². The molecule has 1 aliphatic heterocycles. The molecule has 2 aromatic carbocycles. The van der Waals surface area contributed by atoms with Gasteiger partial charge in [0.15, 0.2) is 0 Å². The SMILES string of the molecule is COc1ccc(N[C@@H](Cc2ccc(Cl)cc2)C(=O)Nc2cccc(F)c2CC[C@H]2CNC[C@H](C)N2S(C)(=O)=O)cn1. The van der Waals surface area contributed by atoms with Crippen molar-refractivity contribution < 1.29 is 22.3 Å². The van der Waals surface area contributed by atoms with E-state index in [4.69, 9.17) is 16.3 Å². The molecule has 0 bridgehead atoms. The van der Waals surface area contributed by atoms with Gasteiger partial charge in [-0.15, -0.1) is 0 Å². The van der Waals surface area contributed by atoms with Crippen LogP contribution in [-0.4, -0.2) is 68.2 Å². The number of hydrogen-bond donors (Lipinski definition) is 3. The molecule has 3 atom stereocenters. The molecular formula is C29H35ClFN5O4S. The van der Waals surface area contributed by atoms with E-state index in [2.05, 4.69) is 20.9 Å². The summed E-state index contributed by atoms with van der Waals surface area (Å²) in [6, 6.07) is 13.9. The van der Waals surface area contributed by atoms with Gasteiger partial charge in [0.25, 0.3) is 0 Å². The summed E-state index contributed by atoms with van der Waals surface area (Å²) in [6.07, 6.45) is 3.72. The van der Waals surface area contributed by atoms with Gasteiger partial charge in [-0.05, 0) is 55.7 Å². The van der Waals surface area contributed by atoms with Gasteiger partial charge in [0.2, 0.25) is 21.8 Å². The van der Waals surface area contributed by atoms with Crippen LogP contribution in [0.1, 0.15) is 24.5 Å². The number of nitrogens with one attached hydrogen (secondary N) is 3. The first kappa shape index (κ1) is 30.7. The number of nitrogens with zero attached hydrogens (tertiary/aromatic N) is 2. The topological polar surface area (TPSA) is 113 Å². The van der Waals surface area contributed by atoms with Crippen LogP contribution >= 0.6 is 11.6 Å². The first-order valence-corrected chi connectivity index (χ1v) is 15.6. The largest absolute Gasteiger partial charge is 0.481 e. The number of carbonyl (C=O) groups excluding carboxylic acids is 1. The van der Waals surface area contributed by atoms with E-state index in [1.165, 1.54) is 29.8 Å². The van der Waals surface area contributed by atoms with E-state index in [1.54, 1.807) is 36.5 Å². The Kier molecular flexibility index (Phi) is 10.2. The molecule has 1 amide bonds. The van der Waals surface area contributed by atoms with Gasteiger partial charge in [-0.3, -0.25) is 4.79 Å². The van der Waals surface area contributed by atoms with Crippen molar-refractivity contribution in [2.75, 3.05) is 37.1 Å². The zero-order chi connectivity index (χ0) is 29.6. The van der Waals surface area contributed by atoms with Crippen molar-refractivity contribution in [2.45, 2.75) is 44.3 Å². The van der Waals surface area contributed by atoms with Crippen LogP contribution in [-0.2, 0) is 27.7 Å². The van der Waals surface area contributed by atoms with E-state index >= 15 is 4.39 Å². The second-order valence-corrected chi connectivity index (χ2v) is 12.5. The molecule has 220 valence electrons. The molecule has 3 aromatic rings. The average molecular weight is 604 g/mol. The second-order valence-electron chi connectivity index (χ2n) is 10.2. The number of pyridine rings is 1. The number of methoxy groups -OCH3 is 1. The predicted octanol–water partition coefficient (Wildman–Crippen LogP) is 4.10. The van der Waals surface area contributed by atoms with E-state index in [0.717, 1.165) is 5.56 Å². The minimum Gasteiger partial charge on any atom is -0.481 e. The van der Waals surface area contributed by atoms with E-state index in [9.17, 15) is 13.2 Å². The Balaban J connectivity index is 1.54. The van der Waals surface area contributed by atoms with Crippen molar-refractivity contribution in [3.63, 3.8) is 0 Å². The molecule has 1 aliphatic rings. The van der Waals surface area contributed by atoms with Crippen LogP contribution in [0, 0.1) is 5.82 Å². The van der Waals surface area contributed by atoms with Crippen LogP contribution in [0.15, 0.2) is 60.8 Å². The molecule has 0 radical (unpaired) electrons. The maximum Gasteiger partial charge on any atom is 0.247 e. The molecule has 3 N–H and O–H groups in total. The van der Waals surface area contributed by atoms with Crippen molar-refractivity contribution in [1.29, 1.82) is 0 Å². The third kappa shape index (κ3) is 8.16. The molecule has 1 aromatic heterocycles. The van der Waals surface area contributed by atoms with Gasteiger partial charge in [0.05, 0.1) is 25.2 Å². The Morgan fingerprint density at radius 2 is 1.95 bits per heavy atom. The van der Waals surface area contributed by atoms with Crippen molar-refractivity contribution >= 4 is 38.9 Å². The molecule has 0 unspecified atom stereocenters. The molecular weight excluding hydrogens is 569 g/mol. The lowest BCUT2D eigenvalue weighted by atomic mass is 10.00. The fourth-order valence-corrected chi connectivity index (χ4v) is 6.72. The summed E-state index contributed by atoms with van der Waals surface area (Å²) in [5.41, 5.74) is 2.15. The number of carbonyl (C=O) groups is 1. The number of anilines is 2. The molecule has 12 heteroatoms. The van der Waals surface area contributed by atoms with Crippen molar-refractivity contribution in [3.05, 3.63) is 82.8 Å². The number of hydrogen-bond acceptors (Lipinski definition) is 7. The molecule has 1 fully saturated rings. The zero-order valence-electron chi connectivity index (χ0n) is 23.2. The second kappa shape index (κ2) is 13.6. The summed E-state index contributed by atoms with van der Waals surface area (Å²) in [6.45, 7) is 2.87. The van der Waals surface area contributed by atoms with Gasteiger partial charge >= 0.3 is 0 Å². The summed E-state index contributed by atoms with van der Waals surface area (Å²) < 4.78 is 46.7. The standard InChI is InChI=1S/C29H35ClFN5O4S/c1-19-16-32-18-23(36(19)41(3,38)39)12-13-24-25(31)5-4-6-26(24)35-29(37)27(15-20-7-9-21(30)10-8-20)34-22-11-14-28(40-2)33-17-22/h4-11,14,17,19,23,27,32,34H,12-13,15-16,18H2,1-3H3,(H,35,37)/t19-,23-,27-/m0/s1. The highest BCUT2D eigenvalue weighted by Crippen LogP contribution is 2.25. The van der Waals surface area contributed by atoms with Crippen molar-refractivity contribution in [3.8, 4) is 5.88 Å². The number of rotatable bonds is 11. The molecule has 0 spiro atoms. The summed E-state index contributed by atoms with van der Waals surface area (Å²) in [4.78, 5) is 17.8. The highest BCUT2D eigenvalue weighted by atomic mass is 35.5. The fourth-order valence-electron chi connectivity index (χ4n) is 5.14. The number of amides is 1. The van der Waals surface area contributed by atoms with Gasteiger partial charge in [0, 0.05) is 53.9 Å². The lowest BCUT2D eigenvalue weighted by Crippen LogP contribution is -2.58. The van der Waals surface area contributed by atoms with E-state index in [-0.39, 0.29) is 24.4 Å². The smallest absolute Gasteiger partial charge is 0.247 e. The number of aromatic nitrogens is 1. The third-order valence-electron chi connectivity index (χ3n) is 7.06. The minimum atomic E-state index is -3.45. The van der Waals surface area contributed by atoms with Gasteiger partial charge in [-0.2, -0.15) is 4.31 Å². The van der Waals surface area contributed by atoms with Gasteiger partial charge < -0.3 is 20.7 Å². The van der Waals surface area contributed by atoms with Crippen molar-refractivity contribution in [2.24, 2.45) is 0 Å². The Morgan fingerprint density at radius 1 is 1.20 bits per heavy atom. The monoisotopic (exact) mass is 603 g/mol. The molecule has 0 aliphatic carbocycles. The Morgan fingerprint density at radius 3 is 2.61 bits per heavy atom. The molecule has 4 rings (SSSR count). The fraction of sp³-hybridized carbons (Fsp3) is 0.379.